The molecule has 1 aliphatic carbocycles. The minimum Gasteiger partial charge on any atom is -0.466 e. The maximum atomic E-state index is 13.6. The van der Waals surface area contributed by atoms with Gasteiger partial charge in [-0.15, -0.1) is 5.10 Å². The summed E-state index contributed by atoms with van der Waals surface area (Å²) in [6.45, 7) is 4.45. The molecule has 1 saturated heterocycles. The van der Waals surface area contributed by atoms with Crippen molar-refractivity contribution in [2.24, 2.45) is 23.7 Å². The molecule has 10 nitrogen and oxygen atoms in total. The van der Waals surface area contributed by atoms with E-state index < -0.39 is 29.8 Å². The van der Waals surface area contributed by atoms with Crippen LogP contribution in [0.3, 0.4) is 0 Å². The van der Waals surface area contributed by atoms with E-state index >= 15 is 0 Å². The molecule has 2 aliphatic rings. The summed E-state index contributed by atoms with van der Waals surface area (Å²) < 4.78 is 6.90. The number of likely N-dealkylation sites (tertiary alicyclic amines) is 1. The van der Waals surface area contributed by atoms with Gasteiger partial charge in [-0.25, -0.2) is 4.68 Å². The normalized spacial score (nSPS) is 25.6. The first-order valence-electron chi connectivity index (χ1n) is 12.3. The minimum atomic E-state index is -0.739. The van der Waals surface area contributed by atoms with E-state index in [1.165, 1.54) is 0 Å². The number of carbonyl (C=O) groups excluding carboxylic acids is 3. The molecule has 188 valence electrons. The Hall–Kier alpha value is -3.27. The number of aromatic nitrogens is 3. The number of aliphatic hydroxyl groups excluding tert-OH is 1. The number of carbonyl (C=O) groups is 3. The van der Waals surface area contributed by atoms with Crippen LogP contribution >= 0.6 is 0 Å². The number of nitrogens with one attached hydrogen (secondary N) is 1. The highest BCUT2D eigenvalue weighted by Gasteiger charge is 2.56. The van der Waals surface area contributed by atoms with Crippen LogP contribution in [-0.4, -0.2) is 68.6 Å². The van der Waals surface area contributed by atoms with E-state index in [9.17, 15) is 14.4 Å². The van der Waals surface area contributed by atoms with E-state index in [2.05, 4.69) is 15.6 Å². The van der Waals surface area contributed by atoms with Gasteiger partial charge in [-0.1, -0.05) is 36.4 Å². The lowest BCUT2D eigenvalue weighted by Crippen LogP contribution is -2.48. The van der Waals surface area contributed by atoms with Crippen LogP contribution in [-0.2, 0) is 25.8 Å². The van der Waals surface area contributed by atoms with Crippen LogP contribution in [0.5, 0.6) is 0 Å². The number of aliphatic hydroxyl groups is 1. The molecule has 1 aromatic heterocycles. The molecule has 2 aromatic rings. The second-order valence-electron chi connectivity index (χ2n) is 9.16. The first-order valence-corrected chi connectivity index (χ1v) is 12.3. The molecule has 1 aliphatic heterocycles. The molecule has 2 heterocycles. The Labute approximate surface area is 204 Å². The molecule has 35 heavy (non-hydrogen) atoms. The lowest BCUT2D eigenvalue weighted by Gasteiger charge is -2.32. The molecular weight excluding hydrogens is 450 g/mol. The molecule has 4 rings (SSSR count). The Balaban J connectivity index is 1.57. The van der Waals surface area contributed by atoms with Crippen molar-refractivity contribution < 1.29 is 24.2 Å². The lowest BCUT2D eigenvalue weighted by atomic mass is 9.70. The van der Waals surface area contributed by atoms with Gasteiger partial charge >= 0.3 is 5.97 Å². The Kier molecular flexibility index (Phi) is 7.80. The van der Waals surface area contributed by atoms with Crippen molar-refractivity contribution in [2.45, 2.75) is 45.8 Å². The van der Waals surface area contributed by atoms with Crippen LogP contribution in [0, 0.1) is 23.7 Å². The molecule has 0 spiro atoms. The van der Waals surface area contributed by atoms with E-state index in [-0.39, 0.29) is 37.6 Å². The summed E-state index contributed by atoms with van der Waals surface area (Å²) in [7, 11) is 0. The van der Waals surface area contributed by atoms with E-state index in [0.29, 0.717) is 19.4 Å². The second kappa shape index (κ2) is 11.0. The maximum absolute atomic E-state index is 13.6. The number of amides is 2. The zero-order valence-corrected chi connectivity index (χ0v) is 20.2. The van der Waals surface area contributed by atoms with Crippen LogP contribution in [0.25, 0.3) is 11.0 Å². The number of hydrogen-bond acceptors (Lipinski definition) is 7. The van der Waals surface area contributed by atoms with Crippen LogP contribution < -0.4 is 5.32 Å². The fourth-order valence-corrected chi connectivity index (χ4v) is 5.29. The van der Waals surface area contributed by atoms with Gasteiger partial charge in [0.05, 0.1) is 24.0 Å². The summed E-state index contributed by atoms with van der Waals surface area (Å²) in [5.74, 6) is -2.77. The zero-order chi connectivity index (χ0) is 24.9. The van der Waals surface area contributed by atoms with Crippen molar-refractivity contribution in [2.75, 3.05) is 19.8 Å². The monoisotopic (exact) mass is 483 g/mol. The maximum Gasteiger partial charge on any atom is 0.310 e. The van der Waals surface area contributed by atoms with Crippen LogP contribution in [0.4, 0.5) is 0 Å². The minimum absolute atomic E-state index is 0.0835. The molecule has 0 saturated carbocycles. The smallest absolute Gasteiger partial charge is 0.310 e. The number of hydrogen-bond donors (Lipinski definition) is 2. The Bertz CT molecular complexity index is 1100. The van der Waals surface area contributed by atoms with E-state index in [1.54, 1.807) is 16.5 Å². The number of nitrogens with zero attached hydrogens (tertiary/aromatic N) is 4. The summed E-state index contributed by atoms with van der Waals surface area (Å²) in [4.78, 5) is 41.5. The SMILES string of the molecule is CCOC(=O)[C@H]1[C@H]2C(=O)N(CCCCCO)[C@H](C(=O)NCn3nnc4ccccc43)[C@H]2C=C[C@H]1C. The highest BCUT2D eigenvalue weighted by Crippen LogP contribution is 2.44. The van der Waals surface area contributed by atoms with E-state index in [0.717, 1.165) is 17.5 Å². The highest BCUT2D eigenvalue weighted by molar-refractivity contribution is 5.96. The van der Waals surface area contributed by atoms with Gasteiger partial charge < -0.3 is 20.1 Å². The van der Waals surface area contributed by atoms with Crippen molar-refractivity contribution in [3.8, 4) is 0 Å². The predicted molar refractivity (Wildman–Crippen MR) is 128 cm³/mol. The first-order chi connectivity index (χ1) is 17.0. The lowest BCUT2D eigenvalue weighted by molar-refractivity contribution is -0.155. The third kappa shape index (κ3) is 4.93. The largest absolute Gasteiger partial charge is 0.466 e. The summed E-state index contributed by atoms with van der Waals surface area (Å²) in [5, 5.41) is 20.3. The number of para-hydroxylation sites is 1. The van der Waals surface area contributed by atoms with Gasteiger partial charge in [0, 0.05) is 19.1 Å². The van der Waals surface area contributed by atoms with Gasteiger partial charge in [-0.05, 0) is 44.2 Å². The highest BCUT2D eigenvalue weighted by atomic mass is 16.5. The first kappa shape index (κ1) is 24.8. The van der Waals surface area contributed by atoms with Gasteiger partial charge in [-0.2, -0.15) is 0 Å². The number of rotatable bonds is 10. The number of esters is 1. The molecular formula is C25H33N5O5. The molecule has 10 heteroatoms. The molecule has 1 aromatic carbocycles. The van der Waals surface area contributed by atoms with E-state index in [1.807, 2.05) is 43.3 Å². The van der Waals surface area contributed by atoms with Crippen molar-refractivity contribution in [1.82, 2.24) is 25.2 Å². The Morgan fingerprint density at radius 2 is 1.97 bits per heavy atom. The topological polar surface area (TPSA) is 127 Å². The number of fused-ring (bicyclic) bond motifs is 2. The summed E-state index contributed by atoms with van der Waals surface area (Å²) >= 11 is 0. The van der Waals surface area contributed by atoms with Crippen LogP contribution in [0.1, 0.15) is 33.1 Å². The molecule has 0 unspecified atom stereocenters. The van der Waals surface area contributed by atoms with Gasteiger partial charge in [0.2, 0.25) is 11.8 Å². The van der Waals surface area contributed by atoms with Gasteiger partial charge in [-0.3, -0.25) is 14.4 Å². The summed E-state index contributed by atoms with van der Waals surface area (Å²) in [6, 6.07) is 6.73. The summed E-state index contributed by atoms with van der Waals surface area (Å²) in [6.07, 6.45) is 5.85. The van der Waals surface area contributed by atoms with Gasteiger partial charge in [0.25, 0.3) is 0 Å². The quantitative estimate of drug-likeness (QED) is 0.298. The van der Waals surface area contributed by atoms with Crippen molar-refractivity contribution in [1.29, 1.82) is 0 Å². The number of benzene rings is 1. The van der Waals surface area contributed by atoms with Crippen molar-refractivity contribution >= 4 is 28.8 Å². The Morgan fingerprint density at radius 3 is 2.74 bits per heavy atom. The van der Waals surface area contributed by atoms with Crippen LogP contribution in [0.15, 0.2) is 36.4 Å². The second-order valence-corrected chi connectivity index (χ2v) is 9.16. The number of allylic oxidation sites excluding steroid dienone is 1. The molecule has 2 N–H and O–H groups in total. The van der Waals surface area contributed by atoms with Gasteiger partial charge in [0.15, 0.2) is 0 Å². The fraction of sp³-hybridized carbons (Fsp3) is 0.560. The van der Waals surface area contributed by atoms with Crippen molar-refractivity contribution in [3.05, 3.63) is 36.4 Å². The third-order valence-corrected chi connectivity index (χ3v) is 6.98. The Morgan fingerprint density at radius 1 is 1.17 bits per heavy atom. The molecule has 0 bridgehead atoms. The molecule has 5 atom stereocenters. The predicted octanol–water partition coefficient (Wildman–Crippen LogP) is 1.50. The molecule has 0 radical (unpaired) electrons. The van der Waals surface area contributed by atoms with Gasteiger partial charge in [0.1, 0.15) is 18.2 Å². The standard InChI is InChI=1S/C25H33N5O5/c1-3-35-25(34)20-16(2)11-12-17-21(20)24(33)29(13-7-4-8-14-31)22(17)23(32)26-15-30-19-10-6-5-9-18(19)27-28-30/h5-6,9-12,16-17,20-22,31H,3-4,7-8,13-15H2,1-2H3,(H,26,32)/t16-,17+,20-,21+,22+/m1/s1. The van der Waals surface area contributed by atoms with Crippen LogP contribution in [0.2, 0.25) is 0 Å². The molecule has 1 fully saturated rings. The van der Waals surface area contributed by atoms with E-state index in [4.69, 9.17) is 9.84 Å². The average Bonchev–Trinajstić information content (AvgIpc) is 3.39. The fourth-order valence-electron chi connectivity index (χ4n) is 5.29. The molecule has 2 amide bonds. The summed E-state index contributed by atoms with van der Waals surface area (Å²) in [5.41, 5.74) is 1.52. The number of ether oxygens (including phenoxy) is 1. The zero-order valence-electron chi connectivity index (χ0n) is 20.2. The number of unbranched alkanes of at least 4 members (excludes halogenated alkanes) is 2. The average molecular weight is 484 g/mol. The van der Waals surface area contributed by atoms with Crippen molar-refractivity contribution in [3.63, 3.8) is 0 Å². The third-order valence-electron chi connectivity index (χ3n) is 6.98.